The fourth-order valence-corrected chi connectivity index (χ4v) is 1.92. The maximum atomic E-state index is 12.1. The Kier molecular flexibility index (Phi) is 3.46. The van der Waals surface area contributed by atoms with Gasteiger partial charge in [-0.1, -0.05) is 18.2 Å². The molecule has 0 saturated carbocycles. The molecule has 1 aromatic carbocycles. The van der Waals surface area contributed by atoms with Gasteiger partial charge in [0.05, 0.1) is 11.7 Å². The predicted molar refractivity (Wildman–Crippen MR) is 75.8 cm³/mol. The molecular weight excluding hydrogens is 268 g/mol. The summed E-state index contributed by atoms with van der Waals surface area (Å²) in [5, 5.41) is 6.97. The van der Waals surface area contributed by atoms with E-state index in [-0.39, 0.29) is 17.8 Å². The summed E-state index contributed by atoms with van der Waals surface area (Å²) >= 11 is 0. The molecule has 0 radical (unpaired) electrons. The molecular formula is C14H14N6O. The predicted octanol–water partition coefficient (Wildman–Crippen LogP) is 1.48. The molecule has 0 aliphatic rings. The number of hydrogen-bond acceptors (Lipinski definition) is 4. The highest BCUT2D eigenvalue weighted by Gasteiger charge is 2.16. The highest BCUT2D eigenvalue weighted by atomic mass is 16.2. The van der Waals surface area contributed by atoms with E-state index < -0.39 is 0 Å². The van der Waals surface area contributed by atoms with Gasteiger partial charge >= 0.3 is 0 Å². The topological polar surface area (TPSA) is 88.5 Å². The number of H-pyrrole nitrogens is 1. The highest BCUT2D eigenvalue weighted by molar-refractivity contribution is 5.90. The fourth-order valence-electron chi connectivity index (χ4n) is 1.92. The molecule has 0 fully saturated rings. The van der Waals surface area contributed by atoms with Crippen LogP contribution in [0.1, 0.15) is 29.4 Å². The van der Waals surface area contributed by atoms with Gasteiger partial charge in [0, 0.05) is 12.4 Å². The number of hydrogen-bond donors (Lipinski definition) is 2. The van der Waals surface area contributed by atoms with Gasteiger partial charge in [0.1, 0.15) is 12.2 Å². The van der Waals surface area contributed by atoms with Crippen LogP contribution < -0.4 is 5.32 Å². The van der Waals surface area contributed by atoms with Crippen molar-refractivity contribution in [2.75, 3.05) is 0 Å². The molecule has 0 aliphatic carbocycles. The summed E-state index contributed by atoms with van der Waals surface area (Å²) in [6.07, 6.45) is 4.86. The van der Waals surface area contributed by atoms with Gasteiger partial charge in [0.2, 0.25) is 5.82 Å². The van der Waals surface area contributed by atoms with Crippen LogP contribution in [0.4, 0.5) is 0 Å². The lowest BCUT2D eigenvalue weighted by molar-refractivity contribution is 0.0928. The van der Waals surface area contributed by atoms with Crippen LogP contribution in [0.2, 0.25) is 0 Å². The standard InChI is InChI=1S/C14H14N6O/c1-10(12-15-7-8-16-12)18-14(21)13-17-9-20(19-13)11-5-3-2-4-6-11/h2-10H,1H3,(H,15,16)(H,18,21)/t10-/m0/s1. The molecule has 0 unspecified atom stereocenters. The molecule has 0 bridgehead atoms. The Bertz CT molecular complexity index is 719. The van der Waals surface area contributed by atoms with Gasteiger partial charge in [-0.15, -0.1) is 5.10 Å². The van der Waals surface area contributed by atoms with Crippen molar-refractivity contribution in [3.05, 3.63) is 60.7 Å². The summed E-state index contributed by atoms with van der Waals surface area (Å²) in [5.41, 5.74) is 0.850. The number of nitrogens with zero attached hydrogens (tertiary/aromatic N) is 4. The molecule has 7 nitrogen and oxygen atoms in total. The molecule has 2 N–H and O–H groups in total. The van der Waals surface area contributed by atoms with Crippen molar-refractivity contribution >= 4 is 5.91 Å². The van der Waals surface area contributed by atoms with Gasteiger partial charge in [-0.25, -0.2) is 14.6 Å². The van der Waals surface area contributed by atoms with Crippen molar-refractivity contribution in [1.29, 1.82) is 0 Å². The van der Waals surface area contributed by atoms with Crippen LogP contribution in [0, 0.1) is 0 Å². The fraction of sp³-hybridized carbons (Fsp3) is 0.143. The molecule has 2 aromatic heterocycles. The average Bonchev–Trinajstić information content (AvgIpc) is 3.20. The zero-order valence-electron chi connectivity index (χ0n) is 11.4. The zero-order chi connectivity index (χ0) is 14.7. The van der Waals surface area contributed by atoms with E-state index in [0.29, 0.717) is 5.82 Å². The minimum Gasteiger partial charge on any atom is -0.347 e. The van der Waals surface area contributed by atoms with Gasteiger partial charge in [-0.05, 0) is 19.1 Å². The first kappa shape index (κ1) is 13.0. The molecule has 1 atom stereocenters. The highest BCUT2D eigenvalue weighted by Crippen LogP contribution is 2.08. The number of carbonyl (C=O) groups is 1. The van der Waals surface area contributed by atoms with Gasteiger partial charge < -0.3 is 10.3 Å². The van der Waals surface area contributed by atoms with Gasteiger partial charge in [-0.3, -0.25) is 4.79 Å². The Labute approximate surface area is 121 Å². The van der Waals surface area contributed by atoms with Crippen LogP contribution in [0.25, 0.3) is 5.69 Å². The van der Waals surface area contributed by atoms with Crippen molar-refractivity contribution in [1.82, 2.24) is 30.0 Å². The summed E-state index contributed by atoms with van der Waals surface area (Å²) in [4.78, 5) is 23.2. The van der Waals surface area contributed by atoms with E-state index in [4.69, 9.17) is 0 Å². The quantitative estimate of drug-likeness (QED) is 0.758. The summed E-state index contributed by atoms with van der Waals surface area (Å²) in [5.74, 6) is 0.469. The van der Waals surface area contributed by atoms with Crippen molar-refractivity contribution in [3.8, 4) is 5.69 Å². The number of carbonyl (C=O) groups excluding carboxylic acids is 1. The number of aromatic nitrogens is 5. The smallest absolute Gasteiger partial charge is 0.291 e. The van der Waals surface area contributed by atoms with E-state index in [0.717, 1.165) is 5.69 Å². The Balaban J connectivity index is 1.73. The number of benzene rings is 1. The van der Waals surface area contributed by atoms with Crippen molar-refractivity contribution in [2.45, 2.75) is 13.0 Å². The molecule has 2 heterocycles. The lowest BCUT2D eigenvalue weighted by Crippen LogP contribution is -2.28. The normalized spacial score (nSPS) is 12.0. The Morgan fingerprint density at radius 2 is 2.10 bits per heavy atom. The molecule has 3 aromatic rings. The maximum Gasteiger partial charge on any atom is 0.291 e. The number of nitrogens with one attached hydrogen (secondary N) is 2. The SMILES string of the molecule is C[C@H](NC(=O)c1ncn(-c2ccccc2)n1)c1ncc[nH]1. The van der Waals surface area contributed by atoms with Crippen LogP contribution in [-0.4, -0.2) is 30.6 Å². The first-order chi connectivity index (χ1) is 10.2. The van der Waals surface area contributed by atoms with E-state index in [2.05, 4.69) is 25.4 Å². The second-order valence-electron chi connectivity index (χ2n) is 4.52. The zero-order valence-corrected chi connectivity index (χ0v) is 11.4. The molecule has 0 aliphatic heterocycles. The van der Waals surface area contributed by atoms with Crippen molar-refractivity contribution in [3.63, 3.8) is 0 Å². The molecule has 0 spiro atoms. The lowest BCUT2D eigenvalue weighted by Gasteiger charge is -2.09. The summed E-state index contributed by atoms with van der Waals surface area (Å²) in [6.45, 7) is 1.84. The van der Waals surface area contributed by atoms with E-state index in [1.807, 2.05) is 37.3 Å². The van der Waals surface area contributed by atoms with Gasteiger partial charge in [0.15, 0.2) is 0 Å². The largest absolute Gasteiger partial charge is 0.347 e. The summed E-state index contributed by atoms with van der Waals surface area (Å²) in [7, 11) is 0. The van der Waals surface area contributed by atoms with E-state index >= 15 is 0 Å². The second-order valence-corrected chi connectivity index (χ2v) is 4.52. The van der Waals surface area contributed by atoms with Crippen molar-refractivity contribution < 1.29 is 4.79 Å². The van der Waals surface area contributed by atoms with E-state index in [1.165, 1.54) is 6.33 Å². The third kappa shape index (κ3) is 2.81. The van der Waals surface area contributed by atoms with Crippen LogP contribution in [0.15, 0.2) is 49.1 Å². The summed E-state index contributed by atoms with van der Waals surface area (Å²) in [6, 6.07) is 9.25. The molecule has 1 amide bonds. The molecule has 7 heteroatoms. The second kappa shape index (κ2) is 5.58. The van der Waals surface area contributed by atoms with E-state index in [9.17, 15) is 4.79 Å². The molecule has 0 saturated heterocycles. The van der Waals surface area contributed by atoms with Crippen LogP contribution in [0.3, 0.4) is 0 Å². The number of aromatic amines is 1. The Morgan fingerprint density at radius 1 is 1.29 bits per heavy atom. The lowest BCUT2D eigenvalue weighted by atomic mass is 10.3. The Hall–Kier alpha value is -2.96. The Morgan fingerprint density at radius 3 is 2.81 bits per heavy atom. The van der Waals surface area contributed by atoms with Crippen LogP contribution in [-0.2, 0) is 0 Å². The minimum atomic E-state index is -0.339. The molecule has 106 valence electrons. The van der Waals surface area contributed by atoms with Gasteiger partial charge in [0.25, 0.3) is 5.91 Å². The number of amides is 1. The van der Waals surface area contributed by atoms with Crippen LogP contribution in [0.5, 0.6) is 0 Å². The maximum absolute atomic E-state index is 12.1. The number of para-hydroxylation sites is 1. The minimum absolute atomic E-state index is 0.122. The first-order valence-corrected chi connectivity index (χ1v) is 6.51. The summed E-state index contributed by atoms with van der Waals surface area (Å²) < 4.78 is 1.56. The average molecular weight is 282 g/mol. The number of rotatable bonds is 4. The third-order valence-corrected chi connectivity index (χ3v) is 2.99. The van der Waals surface area contributed by atoms with Crippen molar-refractivity contribution in [2.24, 2.45) is 0 Å². The number of imidazole rings is 1. The van der Waals surface area contributed by atoms with Gasteiger partial charge in [-0.2, -0.15) is 0 Å². The first-order valence-electron chi connectivity index (χ1n) is 6.51. The molecule has 21 heavy (non-hydrogen) atoms. The third-order valence-electron chi connectivity index (χ3n) is 2.99. The monoisotopic (exact) mass is 282 g/mol. The van der Waals surface area contributed by atoms with E-state index in [1.54, 1.807) is 17.1 Å². The molecule has 3 rings (SSSR count). The van der Waals surface area contributed by atoms with Crippen LogP contribution >= 0.6 is 0 Å².